The van der Waals surface area contributed by atoms with Gasteiger partial charge in [0.05, 0.1) is 5.25 Å². The number of hydrogen-bond donors (Lipinski definition) is 1. The Hall–Kier alpha value is -0.840. The number of Topliss-reactive ketones (excluding diaryl/α,β-unsaturated/α-hetero) is 1. The van der Waals surface area contributed by atoms with Crippen LogP contribution in [0.1, 0.15) is 19.8 Å². The summed E-state index contributed by atoms with van der Waals surface area (Å²) in [5.74, 6) is -0.538. The summed E-state index contributed by atoms with van der Waals surface area (Å²) in [4.78, 5) is 34.1. The van der Waals surface area contributed by atoms with Gasteiger partial charge in [-0.15, -0.1) is 0 Å². The van der Waals surface area contributed by atoms with Crippen molar-refractivity contribution in [1.82, 2.24) is 4.90 Å². The number of hydrogen-bond acceptors (Lipinski definition) is 4. The van der Waals surface area contributed by atoms with Gasteiger partial charge in [-0.05, 0) is 6.92 Å². The summed E-state index contributed by atoms with van der Waals surface area (Å²) in [5, 5.41) is -0.514. The lowest BCUT2D eigenvalue weighted by Crippen LogP contribution is -2.32. The summed E-state index contributed by atoms with van der Waals surface area (Å²) in [6.45, 7) is 1.63. The smallest absolute Gasteiger partial charge is 0.242 e. The molecule has 1 aliphatic rings. The van der Waals surface area contributed by atoms with Crippen LogP contribution in [0.25, 0.3) is 0 Å². The van der Waals surface area contributed by atoms with Crippen LogP contribution in [-0.4, -0.2) is 34.3 Å². The van der Waals surface area contributed by atoms with E-state index in [0.717, 1.165) is 4.90 Å². The van der Waals surface area contributed by atoms with E-state index >= 15 is 0 Å². The van der Waals surface area contributed by atoms with Crippen molar-refractivity contribution in [1.29, 1.82) is 0 Å². The molecule has 1 rings (SSSR count). The second-order valence-corrected chi connectivity index (χ2v) is 3.68. The van der Waals surface area contributed by atoms with Gasteiger partial charge >= 0.3 is 0 Å². The average Bonchev–Trinajstić information content (AvgIpc) is 2.24. The summed E-state index contributed by atoms with van der Waals surface area (Å²) in [6.07, 6.45) is 0.387. The maximum absolute atomic E-state index is 11.2. The molecule has 0 spiro atoms. The second kappa shape index (κ2) is 3.91. The Morgan fingerprint density at radius 1 is 1.62 bits per heavy atom. The standard InChI is InChI=1S/C8H11NO3S/c1-5(10)2-3-9-7(11)4-6(13)8(9)12/h6,13H,2-4H2,1H3. The maximum atomic E-state index is 11.2. The van der Waals surface area contributed by atoms with Gasteiger partial charge in [-0.25, -0.2) is 0 Å². The van der Waals surface area contributed by atoms with Gasteiger partial charge < -0.3 is 0 Å². The van der Waals surface area contributed by atoms with Gasteiger partial charge in [0.1, 0.15) is 5.78 Å². The molecular weight excluding hydrogens is 190 g/mol. The van der Waals surface area contributed by atoms with Gasteiger partial charge in [0.25, 0.3) is 0 Å². The topological polar surface area (TPSA) is 54.5 Å². The van der Waals surface area contributed by atoms with Gasteiger partial charge in [-0.2, -0.15) is 12.6 Å². The molecule has 0 aromatic rings. The first-order chi connectivity index (χ1) is 6.02. The SMILES string of the molecule is CC(=O)CCN1C(=O)CC(S)C1=O. The molecule has 5 heteroatoms. The Bertz CT molecular complexity index is 264. The highest BCUT2D eigenvalue weighted by molar-refractivity contribution is 7.81. The van der Waals surface area contributed by atoms with Crippen molar-refractivity contribution >= 4 is 30.2 Å². The Balaban J connectivity index is 2.54. The number of imide groups is 1. The molecule has 72 valence electrons. The van der Waals surface area contributed by atoms with Crippen molar-refractivity contribution < 1.29 is 14.4 Å². The quantitative estimate of drug-likeness (QED) is 0.517. The molecule has 1 heterocycles. The van der Waals surface area contributed by atoms with E-state index in [1.54, 1.807) is 0 Å². The highest BCUT2D eigenvalue weighted by Crippen LogP contribution is 2.17. The zero-order valence-electron chi connectivity index (χ0n) is 7.32. The molecule has 13 heavy (non-hydrogen) atoms. The summed E-state index contributed by atoms with van der Waals surface area (Å²) >= 11 is 3.95. The summed E-state index contributed by atoms with van der Waals surface area (Å²) < 4.78 is 0. The Labute approximate surface area is 81.7 Å². The minimum absolute atomic E-state index is 0.0248. The predicted molar refractivity (Wildman–Crippen MR) is 49.4 cm³/mol. The van der Waals surface area contributed by atoms with Crippen LogP contribution < -0.4 is 0 Å². The van der Waals surface area contributed by atoms with E-state index in [-0.39, 0.29) is 37.0 Å². The average molecular weight is 201 g/mol. The first-order valence-corrected chi connectivity index (χ1v) is 4.55. The Morgan fingerprint density at radius 3 is 2.62 bits per heavy atom. The van der Waals surface area contributed by atoms with Crippen molar-refractivity contribution in [2.45, 2.75) is 25.0 Å². The molecule has 1 unspecified atom stereocenters. The minimum atomic E-state index is -0.514. The fourth-order valence-corrected chi connectivity index (χ4v) is 1.47. The third-order valence-electron chi connectivity index (χ3n) is 1.91. The highest BCUT2D eigenvalue weighted by Gasteiger charge is 2.35. The van der Waals surface area contributed by atoms with Crippen molar-refractivity contribution in [2.24, 2.45) is 0 Å². The fourth-order valence-electron chi connectivity index (χ4n) is 1.17. The molecule has 1 atom stereocenters. The Morgan fingerprint density at radius 2 is 2.23 bits per heavy atom. The molecule has 1 saturated heterocycles. The van der Waals surface area contributed by atoms with Crippen molar-refractivity contribution in [2.75, 3.05) is 6.54 Å². The lowest BCUT2D eigenvalue weighted by Gasteiger charge is -2.12. The van der Waals surface area contributed by atoms with Crippen LogP contribution in [-0.2, 0) is 14.4 Å². The van der Waals surface area contributed by atoms with Gasteiger partial charge in [0, 0.05) is 19.4 Å². The largest absolute Gasteiger partial charge is 0.300 e. The number of ketones is 1. The first-order valence-electron chi connectivity index (χ1n) is 4.04. The third kappa shape index (κ3) is 2.30. The molecular formula is C8H11NO3S. The van der Waals surface area contributed by atoms with Crippen LogP contribution >= 0.6 is 12.6 Å². The molecule has 0 radical (unpaired) electrons. The van der Waals surface area contributed by atoms with E-state index in [0.29, 0.717) is 0 Å². The zero-order valence-corrected chi connectivity index (χ0v) is 8.21. The normalized spacial score (nSPS) is 22.6. The van der Waals surface area contributed by atoms with E-state index in [2.05, 4.69) is 12.6 Å². The molecule has 0 bridgehead atoms. The minimum Gasteiger partial charge on any atom is -0.300 e. The number of amides is 2. The van der Waals surface area contributed by atoms with Gasteiger partial charge in [-0.3, -0.25) is 19.3 Å². The van der Waals surface area contributed by atoms with Gasteiger partial charge in [-0.1, -0.05) is 0 Å². The van der Waals surface area contributed by atoms with Crippen LogP contribution in [0.4, 0.5) is 0 Å². The Kier molecular flexibility index (Phi) is 3.08. The van der Waals surface area contributed by atoms with Crippen LogP contribution in [0.3, 0.4) is 0 Å². The van der Waals surface area contributed by atoms with E-state index in [4.69, 9.17) is 0 Å². The van der Waals surface area contributed by atoms with Crippen LogP contribution in [0.15, 0.2) is 0 Å². The third-order valence-corrected chi connectivity index (χ3v) is 2.31. The van der Waals surface area contributed by atoms with Crippen molar-refractivity contribution in [3.05, 3.63) is 0 Å². The fraction of sp³-hybridized carbons (Fsp3) is 0.625. The van der Waals surface area contributed by atoms with Gasteiger partial charge in [0.2, 0.25) is 11.8 Å². The number of likely N-dealkylation sites (tertiary alicyclic amines) is 1. The molecule has 0 N–H and O–H groups in total. The van der Waals surface area contributed by atoms with Gasteiger partial charge in [0.15, 0.2) is 0 Å². The molecule has 1 aliphatic heterocycles. The number of rotatable bonds is 3. The number of thiol groups is 1. The molecule has 0 aliphatic carbocycles. The lowest BCUT2D eigenvalue weighted by atomic mass is 10.3. The maximum Gasteiger partial charge on any atom is 0.242 e. The van der Waals surface area contributed by atoms with Crippen molar-refractivity contribution in [3.63, 3.8) is 0 Å². The van der Waals surface area contributed by atoms with E-state index in [1.165, 1.54) is 6.92 Å². The van der Waals surface area contributed by atoms with Crippen LogP contribution in [0.2, 0.25) is 0 Å². The highest BCUT2D eigenvalue weighted by atomic mass is 32.1. The van der Waals surface area contributed by atoms with Crippen molar-refractivity contribution in [3.8, 4) is 0 Å². The van der Waals surface area contributed by atoms with E-state index in [9.17, 15) is 14.4 Å². The molecule has 1 fully saturated rings. The number of carbonyl (C=O) groups is 3. The molecule has 0 saturated carbocycles. The van der Waals surface area contributed by atoms with E-state index < -0.39 is 5.25 Å². The molecule has 0 aromatic carbocycles. The van der Waals surface area contributed by atoms with E-state index in [1.807, 2.05) is 0 Å². The second-order valence-electron chi connectivity index (χ2n) is 3.06. The number of carbonyl (C=O) groups excluding carboxylic acids is 3. The monoisotopic (exact) mass is 201 g/mol. The predicted octanol–water partition coefficient (Wildman–Crippen LogP) is 0.0228. The first kappa shape index (κ1) is 10.2. The summed E-state index contributed by atoms with van der Waals surface area (Å²) in [6, 6.07) is 0. The number of nitrogens with zero attached hydrogens (tertiary/aromatic N) is 1. The molecule has 0 aromatic heterocycles. The van der Waals surface area contributed by atoms with Crippen LogP contribution in [0, 0.1) is 0 Å². The summed E-state index contributed by atoms with van der Waals surface area (Å²) in [5.41, 5.74) is 0. The van der Waals surface area contributed by atoms with Crippen LogP contribution in [0.5, 0.6) is 0 Å². The lowest BCUT2D eigenvalue weighted by molar-refractivity contribution is -0.138. The molecule has 2 amide bonds. The molecule has 4 nitrogen and oxygen atoms in total. The zero-order chi connectivity index (χ0) is 10.0. The summed E-state index contributed by atoms with van der Waals surface area (Å²) in [7, 11) is 0.